The number of H-pyrrole nitrogens is 1. The number of hydrogen-bond acceptors (Lipinski definition) is 6. The van der Waals surface area contributed by atoms with E-state index in [9.17, 15) is 17.6 Å². The van der Waals surface area contributed by atoms with Gasteiger partial charge in [-0.15, -0.1) is 0 Å². The number of carbonyl (C=O) groups excluding carboxylic acids is 1. The number of nitrogen functional groups attached to an aromatic ring is 1. The molecule has 3 aromatic carbocycles. The van der Waals surface area contributed by atoms with E-state index in [4.69, 9.17) is 5.73 Å². The molecule has 0 spiro atoms. The normalized spacial score (nSPS) is 13.9. The van der Waals surface area contributed by atoms with Crippen LogP contribution in [0.25, 0.3) is 27.6 Å². The van der Waals surface area contributed by atoms with Crippen molar-refractivity contribution in [1.82, 2.24) is 23.7 Å². The van der Waals surface area contributed by atoms with E-state index in [-0.39, 0.29) is 27.5 Å². The minimum absolute atomic E-state index is 0.0196. The monoisotopic (exact) mass is 540 g/mol. The summed E-state index contributed by atoms with van der Waals surface area (Å²) in [6.07, 6.45) is 3.55. The fourth-order valence-corrected chi connectivity index (χ4v) is 6.36. The summed E-state index contributed by atoms with van der Waals surface area (Å²) < 4.78 is 43.9. The Morgan fingerprint density at radius 1 is 1.03 bits per heavy atom. The van der Waals surface area contributed by atoms with Crippen LogP contribution in [0.5, 0.6) is 0 Å². The minimum atomic E-state index is -4.25. The van der Waals surface area contributed by atoms with E-state index < -0.39 is 21.6 Å². The summed E-state index contributed by atoms with van der Waals surface area (Å²) in [6.45, 7) is 0. The lowest BCUT2D eigenvalue weighted by molar-refractivity contribution is 0.103. The zero-order chi connectivity index (χ0) is 26.9. The first-order chi connectivity index (χ1) is 18.8. The molecule has 0 saturated heterocycles. The van der Waals surface area contributed by atoms with Gasteiger partial charge in [0.1, 0.15) is 23.2 Å². The second-order valence-corrected chi connectivity index (χ2v) is 11.4. The number of nitrogens with one attached hydrogen (secondary N) is 1. The molecule has 3 N–H and O–H groups in total. The molecule has 1 saturated carbocycles. The topological polar surface area (TPSA) is 129 Å². The van der Waals surface area contributed by atoms with E-state index >= 15 is 0 Å². The van der Waals surface area contributed by atoms with Crippen molar-refractivity contribution >= 4 is 43.6 Å². The van der Waals surface area contributed by atoms with Crippen LogP contribution in [0.3, 0.4) is 0 Å². The first-order valence-electron chi connectivity index (χ1n) is 12.3. The third-order valence-corrected chi connectivity index (χ3v) is 8.72. The lowest BCUT2D eigenvalue weighted by atomic mass is 10.1. The average Bonchev–Trinajstić information content (AvgIpc) is 3.41. The number of ketones is 1. The highest BCUT2D eigenvalue weighted by molar-refractivity contribution is 7.90. The molecule has 3 aromatic heterocycles. The maximum absolute atomic E-state index is 14.2. The van der Waals surface area contributed by atoms with Crippen molar-refractivity contribution in [2.75, 3.05) is 5.73 Å². The summed E-state index contributed by atoms with van der Waals surface area (Å²) in [7, 11) is -4.25. The molecule has 3 heterocycles. The van der Waals surface area contributed by atoms with Crippen molar-refractivity contribution in [1.29, 1.82) is 0 Å². The molecule has 39 heavy (non-hydrogen) atoms. The molecule has 6 aromatic rings. The standard InChI is InChI=1S/C28H21FN6O3S/c29-18-9-8-17-12-25(35(24(17)13-18)39(37,38)20-4-2-1-3-5-20)26(36)21-15-31-34(27(21)30)19-10-11-22-23(14-19)33-28(32-22)16-6-7-16/h1-5,8-16H,6-7,30H2,(H,32,33). The van der Waals surface area contributed by atoms with Crippen LogP contribution in [0.4, 0.5) is 10.2 Å². The summed E-state index contributed by atoms with van der Waals surface area (Å²) in [6, 6.07) is 18.3. The number of hydrogen-bond donors (Lipinski definition) is 2. The second-order valence-electron chi connectivity index (χ2n) is 9.60. The Labute approximate surface area is 221 Å². The molecule has 0 bridgehead atoms. The highest BCUT2D eigenvalue weighted by Crippen LogP contribution is 2.39. The number of nitrogens with zero attached hydrogens (tertiary/aromatic N) is 4. The van der Waals surface area contributed by atoms with E-state index in [1.165, 1.54) is 41.2 Å². The highest BCUT2D eigenvalue weighted by Gasteiger charge is 2.30. The molecule has 1 fully saturated rings. The summed E-state index contributed by atoms with van der Waals surface area (Å²) in [5.74, 6) is 0.174. The molecule has 0 aliphatic heterocycles. The number of carbonyl (C=O) groups is 1. The molecule has 0 amide bonds. The van der Waals surface area contributed by atoms with Gasteiger partial charge in [-0.1, -0.05) is 18.2 Å². The number of anilines is 1. The molecule has 0 unspecified atom stereocenters. The number of imidazole rings is 1. The van der Waals surface area contributed by atoms with Gasteiger partial charge in [0.15, 0.2) is 0 Å². The predicted octanol–water partition coefficient (Wildman–Crippen LogP) is 4.77. The first-order valence-corrected chi connectivity index (χ1v) is 13.7. The SMILES string of the molecule is Nc1c(C(=O)c2cc3ccc(F)cc3n2S(=O)(=O)c2ccccc2)cnn1-c1ccc2nc(C3CC3)[nH]c2c1. The van der Waals surface area contributed by atoms with Gasteiger partial charge in [0, 0.05) is 11.3 Å². The van der Waals surface area contributed by atoms with Crippen LogP contribution < -0.4 is 5.73 Å². The number of aromatic amines is 1. The Morgan fingerprint density at radius 2 is 1.82 bits per heavy atom. The Kier molecular flexibility index (Phi) is 5.01. The van der Waals surface area contributed by atoms with Gasteiger partial charge in [-0.3, -0.25) is 4.79 Å². The second kappa shape index (κ2) is 8.37. The lowest BCUT2D eigenvalue weighted by Crippen LogP contribution is -2.19. The molecule has 0 radical (unpaired) electrons. The van der Waals surface area contributed by atoms with Gasteiger partial charge in [-0.05, 0) is 67.4 Å². The average molecular weight is 541 g/mol. The van der Waals surface area contributed by atoms with Crippen molar-refractivity contribution in [3.63, 3.8) is 0 Å². The summed E-state index contributed by atoms with van der Waals surface area (Å²) in [5, 5.41) is 4.72. The van der Waals surface area contributed by atoms with Crippen LogP contribution in [0.15, 0.2) is 83.9 Å². The Hall–Kier alpha value is -4.77. The van der Waals surface area contributed by atoms with Crippen LogP contribution in [0.1, 0.15) is 40.6 Å². The predicted molar refractivity (Wildman–Crippen MR) is 144 cm³/mol. The maximum Gasteiger partial charge on any atom is 0.268 e. The quantitative estimate of drug-likeness (QED) is 0.293. The summed E-state index contributed by atoms with van der Waals surface area (Å²) in [5.41, 5.74) is 8.56. The van der Waals surface area contributed by atoms with Crippen LogP contribution in [0, 0.1) is 5.82 Å². The third-order valence-electron chi connectivity index (χ3n) is 6.98. The van der Waals surface area contributed by atoms with Crippen LogP contribution in [0.2, 0.25) is 0 Å². The van der Waals surface area contributed by atoms with Crippen molar-refractivity contribution in [3.8, 4) is 5.69 Å². The van der Waals surface area contributed by atoms with Gasteiger partial charge in [-0.2, -0.15) is 5.10 Å². The number of nitrogens with two attached hydrogens (primary N) is 1. The fraction of sp³-hybridized carbons (Fsp3) is 0.107. The summed E-state index contributed by atoms with van der Waals surface area (Å²) in [4.78, 5) is 21.8. The van der Waals surface area contributed by atoms with Crippen molar-refractivity contribution in [2.45, 2.75) is 23.7 Å². The number of rotatable bonds is 6. The van der Waals surface area contributed by atoms with Gasteiger partial charge in [-0.25, -0.2) is 26.4 Å². The van der Waals surface area contributed by atoms with Crippen molar-refractivity contribution in [2.24, 2.45) is 0 Å². The van der Waals surface area contributed by atoms with Crippen molar-refractivity contribution in [3.05, 3.63) is 102 Å². The molecular weight excluding hydrogens is 519 g/mol. The molecule has 11 heteroatoms. The van der Waals surface area contributed by atoms with E-state index in [2.05, 4.69) is 15.1 Å². The Balaban J connectivity index is 1.34. The smallest absolute Gasteiger partial charge is 0.268 e. The van der Waals surface area contributed by atoms with Gasteiger partial charge in [0.05, 0.1) is 38.9 Å². The van der Waals surface area contributed by atoms with Gasteiger partial charge in [0.25, 0.3) is 10.0 Å². The lowest BCUT2D eigenvalue weighted by Gasteiger charge is -2.11. The molecule has 9 nitrogen and oxygen atoms in total. The molecule has 7 rings (SSSR count). The van der Waals surface area contributed by atoms with Gasteiger partial charge >= 0.3 is 0 Å². The number of aromatic nitrogens is 5. The highest BCUT2D eigenvalue weighted by atomic mass is 32.2. The molecule has 1 aliphatic rings. The third kappa shape index (κ3) is 3.73. The van der Waals surface area contributed by atoms with Crippen LogP contribution in [-0.2, 0) is 10.0 Å². The van der Waals surface area contributed by atoms with E-state index in [0.29, 0.717) is 17.0 Å². The minimum Gasteiger partial charge on any atom is -0.383 e. The Morgan fingerprint density at radius 3 is 2.59 bits per heavy atom. The Bertz CT molecular complexity index is 2040. The van der Waals surface area contributed by atoms with E-state index in [1.54, 1.807) is 24.3 Å². The zero-order valence-electron chi connectivity index (χ0n) is 20.4. The molecule has 0 atom stereocenters. The first kappa shape index (κ1) is 23.4. The number of halogens is 1. The fourth-order valence-electron chi connectivity index (χ4n) is 4.84. The van der Waals surface area contributed by atoms with E-state index in [1.807, 2.05) is 12.1 Å². The van der Waals surface area contributed by atoms with Crippen LogP contribution in [-0.4, -0.2) is 37.9 Å². The van der Waals surface area contributed by atoms with Gasteiger partial charge in [0.2, 0.25) is 5.78 Å². The zero-order valence-corrected chi connectivity index (χ0v) is 21.2. The van der Waals surface area contributed by atoms with Crippen LogP contribution >= 0.6 is 0 Å². The number of benzene rings is 3. The molecular formula is C28H21FN6O3S. The molecule has 194 valence electrons. The maximum atomic E-state index is 14.2. The molecule has 1 aliphatic carbocycles. The van der Waals surface area contributed by atoms with Gasteiger partial charge < -0.3 is 10.7 Å². The number of fused-ring (bicyclic) bond motifs is 2. The largest absolute Gasteiger partial charge is 0.383 e. The van der Waals surface area contributed by atoms with Crippen molar-refractivity contribution < 1.29 is 17.6 Å². The summed E-state index contributed by atoms with van der Waals surface area (Å²) >= 11 is 0. The van der Waals surface area contributed by atoms with E-state index in [0.717, 1.165) is 39.7 Å².